The van der Waals surface area contributed by atoms with E-state index in [1.807, 2.05) is 6.92 Å². The molecule has 0 aliphatic carbocycles. The van der Waals surface area contributed by atoms with Crippen LogP contribution < -0.4 is 16.4 Å². The van der Waals surface area contributed by atoms with E-state index in [4.69, 9.17) is 11.1 Å². The van der Waals surface area contributed by atoms with Crippen molar-refractivity contribution >= 4 is 17.6 Å². The van der Waals surface area contributed by atoms with Gasteiger partial charge in [-0.1, -0.05) is 6.92 Å². The van der Waals surface area contributed by atoms with Gasteiger partial charge in [-0.3, -0.25) is 5.41 Å². The van der Waals surface area contributed by atoms with E-state index >= 15 is 0 Å². The fourth-order valence-electron chi connectivity index (χ4n) is 1.51. The lowest BCUT2D eigenvalue weighted by molar-refractivity contribution is -0.137. The SMILES string of the molecule is CCCNC(=O)Nc1ccc(C(=N)N)c(C(F)(F)F)c1. The Morgan fingerprint density at radius 1 is 1.40 bits per heavy atom. The summed E-state index contributed by atoms with van der Waals surface area (Å²) in [6, 6.07) is 2.48. The number of carbonyl (C=O) groups is 1. The molecule has 0 aliphatic heterocycles. The molecule has 1 rings (SSSR count). The summed E-state index contributed by atoms with van der Waals surface area (Å²) in [7, 11) is 0. The van der Waals surface area contributed by atoms with Crippen LogP contribution >= 0.6 is 0 Å². The number of alkyl halides is 3. The van der Waals surface area contributed by atoms with Crippen LogP contribution in [0.3, 0.4) is 0 Å². The number of amidine groups is 1. The van der Waals surface area contributed by atoms with Crippen LogP contribution in [0.4, 0.5) is 23.7 Å². The molecule has 0 radical (unpaired) electrons. The highest BCUT2D eigenvalue weighted by Crippen LogP contribution is 2.33. The Balaban J connectivity index is 3.01. The van der Waals surface area contributed by atoms with Crippen molar-refractivity contribution in [2.75, 3.05) is 11.9 Å². The van der Waals surface area contributed by atoms with Crippen molar-refractivity contribution in [1.82, 2.24) is 5.32 Å². The molecule has 0 aliphatic rings. The smallest absolute Gasteiger partial charge is 0.384 e. The molecule has 20 heavy (non-hydrogen) atoms. The van der Waals surface area contributed by atoms with Gasteiger partial charge < -0.3 is 16.4 Å². The van der Waals surface area contributed by atoms with Gasteiger partial charge in [0.1, 0.15) is 5.84 Å². The summed E-state index contributed by atoms with van der Waals surface area (Å²) in [6.07, 6.45) is -3.94. The first kappa shape index (κ1) is 15.8. The van der Waals surface area contributed by atoms with E-state index in [-0.39, 0.29) is 5.69 Å². The Morgan fingerprint density at radius 3 is 2.55 bits per heavy atom. The van der Waals surface area contributed by atoms with Gasteiger partial charge in [0.05, 0.1) is 5.56 Å². The van der Waals surface area contributed by atoms with Crippen LogP contribution in [-0.4, -0.2) is 18.4 Å². The Hall–Kier alpha value is -2.25. The molecule has 5 nitrogen and oxygen atoms in total. The molecule has 0 fully saturated rings. The summed E-state index contributed by atoms with van der Waals surface area (Å²) >= 11 is 0. The van der Waals surface area contributed by atoms with Gasteiger partial charge >= 0.3 is 12.2 Å². The van der Waals surface area contributed by atoms with Gasteiger partial charge in [-0.05, 0) is 24.6 Å². The maximum atomic E-state index is 12.8. The van der Waals surface area contributed by atoms with Crippen molar-refractivity contribution < 1.29 is 18.0 Å². The molecule has 1 aromatic carbocycles. The molecule has 110 valence electrons. The summed E-state index contributed by atoms with van der Waals surface area (Å²) in [4.78, 5) is 11.4. The summed E-state index contributed by atoms with van der Waals surface area (Å²) in [6.45, 7) is 2.27. The van der Waals surface area contributed by atoms with Crippen molar-refractivity contribution in [3.8, 4) is 0 Å². The van der Waals surface area contributed by atoms with Crippen LogP contribution in [0.15, 0.2) is 18.2 Å². The van der Waals surface area contributed by atoms with Gasteiger partial charge in [0.25, 0.3) is 0 Å². The second-order valence-electron chi connectivity index (χ2n) is 4.05. The normalized spacial score (nSPS) is 11.0. The molecule has 1 aromatic rings. The molecule has 8 heteroatoms. The number of nitrogens with one attached hydrogen (secondary N) is 3. The molecule has 0 atom stereocenters. The van der Waals surface area contributed by atoms with Crippen LogP contribution in [0.25, 0.3) is 0 Å². The first-order valence-corrected chi connectivity index (χ1v) is 5.86. The standard InChI is InChI=1S/C12H15F3N4O/c1-2-5-18-11(20)19-7-3-4-8(10(16)17)9(6-7)12(13,14)15/h3-4,6H,2,5H2,1H3,(H3,16,17)(H2,18,19,20). The average Bonchev–Trinajstić information content (AvgIpc) is 2.35. The fraction of sp³-hybridized carbons (Fsp3) is 0.333. The number of nitrogens with two attached hydrogens (primary N) is 1. The predicted molar refractivity (Wildman–Crippen MR) is 69.8 cm³/mol. The van der Waals surface area contributed by atoms with Gasteiger partial charge in [0.15, 0.2) is 0 Å². The van der Waals surface area contributed by atoms with Crippen LogP contribution in [0.2, 0.25) is 0 Å². The molecular formula is C12H15F3N4O. The van der Waals surface area contributed by atoms with Gasteiger partial charge in [-0.2, -0.15) is 13.2 Å². The highest BCUT2D eigenvalue weighted by atomic mass is 19.4. The number of benzene rings is 1. The van der Waals surface area contributed by atoms with Gasteiger partial charge in [-0.25, -0.2) is 4.79 Å². The molecular weight excluding hydrogens is 273 g/mol. The summed E-state index contributed by atoms with van der Waals surface area (Å²) in [5.74, 6) is -0.681. The summed E-state index contributed by atoms with van der Waals surface area (Å²) < 4.78 is 38.5. The predicted octanol–water partition coefficient (Wildman–Crippen LogP) is 2.52. The van der Waals surface area contributed by atoms with E-state index in [0.717, 1.165) is 12.1 Å². The first-order chi connectivity index (χ1) is 9.25. The summed E-state index contributed by atoms with van der Waals surface area (Å²) in [5.41, 5.74) is 3.62. The fourth-order valence-corrected chi connectivity index (χ4v) is 1.51. The zero-order valence-corrected chi connectivity index (χ0v) is 10.8. The van der Waals surface area contributed by atoms with E-state index in [2.05, 4.69) is 10.6 Å². The van der Waals surface area contributed by atoms with E-state index in [9.17, 15) is 18.0 Å². The minimum Gasteiger partial charge on any atom is -0.384 e. The zero-order valence-electron chi connectivity index (χ0n) is 10.8. The van der Waals surface area contributed by atoms with Crippen molar-refractivity contribution in [2.24, 2.45) is 5.73 Å². The molecule has 0 bridgehead atoms. The van der Waals surface area contributed by atoms with E-state index in [1.165, 1.54) is 6.07 Å². The van der Waals surface area contributed by atoms with Gasteiger partial charge in [0.2, 0.25) is 0 Å². The second-order valence-corrected chi connectivity index (χ2v) is 4.05. The van der Waals surface area contributed by atoms with Crippen molar-refractivity contribution in [3.05, 3.63) is 29.3 Å². The minimum atomic E-state index is -4.65. The third-order valence-electron chi connectivity index (χ3n) is 2.41. The highest BCUT2D eigenvalue weighted by Gasteiger charge is 2.34. The van der Waals surface area contributed by atoms with E-state index < -0.39 is 29.2 Å². The largest absolute Gasteiger partial charge is 0.417 e. The van der Waals surface area contributed by atoms with Crippen molar-refractivity contribution in [2.45, 2.75) is 19.5 Å². The second kappa shape index (κ2) is 6.27. The number of halogens is 3. The minimum absolute atomic E-state index is 0.0177. The Kier molecular flexibility index (Phi) is 4.95. The number of hydrogen-bond donors (Lipinski definition) is 4. The topological polar surface area (TPSA) is 91.0 Å². The van der Waals surface area contributed by atoms with E-state index in [0.29, 0.717) is 13.0 Å². The molecule has 0 saturated heterocycles. The molecule has 0 heterocycles. The molecule has 2 amide bonds. The van der Waals surface area contributed by atoms with Crippen LogP contribution in [0.5, 0.6) is 0 Å². The van der Waals surface area contributed by atoms with Crippen LogP contribution in [0, 0.1) is 5.41 Å². The highest BCUT2D eigenvalue weighted by molar-refractivity contribution is 5.98. The number of anilines is 1. The third kappa shape index (κ3) is 4.15. The third-order valence-corrected chi connectivity index (χ3v) is 2.41. The lowest BCUT2D eigenvalue weighted by Gasteiger charge is -2.14. The first-order valence-electron chi connectivity index (χ1n) is 5.86. The maximum absolute atomic E-state index is 12.8. The Bertz CT molecular complexity index is 514. The molecule has 0 saturated carbocycles. The maximum Gasteiger partial charge on any atom is 0.417 e. The quantitative estimate of drug-likeness (QED) is 0.506. The van der Waals surface area contributed by atoms with Crippen LogP contribution in [-0.2, 0) is 6.18 Å². The Morgan fingerprint density at radius 2 is 2.05 bits per heavy atom. The van der Waals surface area contributed by atoms with Gasteiger partial charge in [-0.15, -0.1) is 0 Å². The summed E-state index contributed by atoms with van der Waals surface area (Å²) in [5, 5.41) is 11.9. The number of urea groups is 1. The number of nitrogen functional groups attached to an aromatic ring is 1. The van der Waals surface area contributed by atoms with Gasteiger partial charge in [0, 0.05) is 17.8 Å². The molecule has 0 unspecified atom stereocenters. The van der Waals surface area contributed by atoms with Crippen molar-refractivity contribution in [3.63, 3.8) is 0 Å². The number of rotatable bonds is 4. The lowest BCUT2D eigenvalue weighted by atomic mass is 10.1. The number of hydrogen-bond acceptors (Lipinski definition) is 2. The molecule has 0 aromatic heterocycles. The Labute approximate surface area is 113 Å². The van der Waals surface area contributed by atoms with E-state index in [1.54, 1.807) is 0 Å². The lowest BCUT2D eigenvalue weighted by Crippen LogP contribution is -2.29. The number of amides is 2. The number of carbonyl (C=O) groups excluding carboxylic acids is 1. The average molecular weight is 288 g/mol. The molecule has 5 N–H and O–H groups in total. The van der Waals surface area contributed by atoms with Crippen LogP contribution in [0.1, 0.15) is 24.5 Å². The van der Waals surface area contributed by atoms with Crippen molar-refractivity contribution in [1.29, 1.82) is 5.41 Å². The molecule has 0 spiro atoms. The monoisotopic (exact) mass is 288 g/mol. The zero-order chi connectivity index (χ0) is 15.3.